The zero-order chi connectivity index (χ0) is 16.0. The number of anilines is 1. The molecule has 114 valence electrons. The van der Waals surface area contributed by atoms with Crippen LogP contribution in [0, 0.1) is 5.82 Å². The first kappa shape index (κ1) is 16.4. The molecule has 1 aromatic carbocycles. The Hall–Kier alpha value is -2.64. The minimum atomic E-state index is -1.30. The summed E-state index contributed by atoms with van der Waals surface area (Å²) < 4.78 is 13.1. The maximum absolute atomic E-state index is 13.1. The Morgan fingerprint density at radius 3 is 2.57 bits per heavy atom. The van der Waals surface area contributed by atoms with Crippen LogP contribution in [0.15, 0.2) is 18.2 Å². The van der Waals surface area contributed by atoms with E-state index in [4.69, 9.17) is 5.11 Å². The van der Waals surface area contributed by atoms with Crippen LogP contribution < -0.4 is 10.6 Å². The molecule has 0 aliphatic heterocycles. The van der Waals surface area contributed by atoms with E-state index >= 15 is 0 Å². The number of aromatic carboxylic acids is 1. The molecule has 0 aliphatic rings. The third kappa shape index (κ3) is 4.75. The fourth-order valence-corrected chi connectivity index (χ4v) is 1.44. The number of carbonyl (C=O) groups is 3. The fraction of sp³-hybridized carbons (Fsp3) is 0.308. The smallest absolute Gasteiger partial charge is 0.337 e. The van der Waals surface area contributed by atoms with Gasteiger partial charge >= 0.3 is 12.0 Å². The zero-order valence-corrected chi connectivity index (χ0v) is 11.6. The van der Waals surface area contributed by atoms with Crippen molar-refractivity contribution >= 4 is 23.6 Å². The number of hydrogen-bond donors (Lipinski definition) is 3. The van der Waals surface area contributed by atoms with Gasteiger partial charge in [-0.25, -0.2) is 14.0 Å². The third-order valence-corrected chi connectivity index (χ3v) is 2.76. The van der Waals surface area contributed by atoms with Crippen LogP contribution in [0.4, 0.5) is 14.9 Å². The summed E-state index contributed by atoms with van der Waals surface area (Å²) in [6.45, 7) is 2.03. The van der Waals surface area contributed by atoms with E-state index in [9.17, 15) is 18.8 Å². The van der Waals surface area contributed by atoms with E-state index < -0.39 is 17.8 Å². The first-order chi connectivity index (χ1) is 9.85. The highest BCUT2D eigenvalue weighted by Crippen LogP contribution is 2.17. The number of benzene rings is 1. The Morgan fingerprint density at radius 1 is 1.33 bits per heavy atom. The van der Waals surface area contributed by atoms with E-state index in [1.54, 1.807) is 14.0 Å². The second kappa shape index (κ2) is 7.22. The summed E-state index contributed by atoms with van der Waals surface area (Å²) in [5.41, 5.74) is -0.431. The number of halogens is 1. The van der Waals surface area contributed by atoms with Crippen molar-refractivity contribution in [1.29, 1.82) is 0 Å². The molecule has 7 nitrogen and oxygen atoms in total. The van der Waals surface area contributed by atoms with Crippen LogP contribution in [-0.2, 0) is 4.79 Å². The van der Waals surface area contributed by atoms with Gasteiger partial charge in [0.15, 0.2) is 0 Å². The van der Waals surface area contributed by atoms with Crippen molar-refractivity contribution in [2.24, 2.45) is 0 Å². The van der Waals surface area contributed by atoms with Gasteiger partial charge in [0, 0.05) is 13.6 Å². The Balaban J connectivity index is 2.69. The summed E-state index contributed by atoms with van der Waals surface area (Å²) in [5.74, 6) is -2.28. The lowest BCUT2D eigenvalue weighted by Crippen LogP contribution is -2.39. The lowest BCUT2D eigenvalue weighted by atomic mass is 10.2. The molecule has 1 aromatic rings. The molecule has 0 fully saturated rings. The van der Waals surface area contributed by atoms with Crippen LogP contribution in [0.2, 0.25) is 0 Å². The maximum atomic E-state index is 13.1. The molecule has 0 heterocycles. The quantitative estimate of drug-likeness (QED) is 0.758. The first-order valence-electron chi connectivity index (χ1n) is 6.16. The highest BCUT2D eigenvalue weighted by molar-refractivity contribution is 6.00. The summed E-state index contributed by atoms with van der Waals surface area (Å²) >= 11 is 0. The van der Waals surface area contributed by atoms with E-state index in [2.05, 4.69) is 10.6 Å². The highest BCUT2D eigenvalue weighted by Gasteiger charge is 2.14. The molecular weight excluding hydrogens is 281 g/mol. The van der Waals surface area contributed by atoms with Gasteiger partial charge in [-0.05, 0) is 25.1 Å². The van der Waals surface area contributed by atoms with Gasteiger partial charge in [-0.15, -0.1) is 0 Å². The average molecular weight is 297 g/mol. The molecule has 1 rings (SSSR count). The van der Waals surface area contributed by atoms with Crippen LogP contribution in [0.1, 0.15) is 17.3 Å². The number of hydrogen-bond acceptors (Lipinski definition) is 3. The minimum absolute atomic E-state index is 0.184. The Kier molecular flexibility index (Phi) is 5.65. The van der Waals surface area contributed by atoms with Crippen molar-refractivity contribution in [2.75, 3.05) is 25.5 Å². The molecule has 0 aromatic heterocycles. The maximum Gasteiger partial charge on any atom is 0.337 e. The largest absolute Gasteiger partial charge is 0.478 e. The Labute approximate surface area is 120 Å². The molecule has 0 atom stereocenters. The number of carbonyl (C=O) groups excluding carboxylic acids is 2. The van der Waals surface area contributed by atoms with Crippen LogP contribution in [0.5, 0.6) is 0 Å². The SMILES string of the molecule is CCN(C)C(=O)CNC(=O)Nc1cc(F)ccc1C(=O)O. The Morgan fingerprint density at radius 2 is 2.00 bits per heavy atom. The van der Waals surface area contributed by atoms with Gasteiger partial charge in [-0.3, -0.25) is 4.79 Å². The molecule has 8 heteroatoms. The molecular formula is C13H16FN3O4. The van der Waals surface area contributed by atoms with Gasteiger partial charge in [-0.1, -0.05) is 0 Å². The average Bonchev–Trinajstić information content (AvgIpc) is 2.43. The number of nitrogens with zero attached hydrogens (tertiary/aromatic N) is 1. The summed E-state index contributed by atoms with van der Waals surface area (Å²) in [4.78, 5) is 35.5. The highest BCUT2D eigenvalue weighted by atomic mass is 19.1. The van der Waals surface area contributed by atoms with Crippen molar-refractivity contribution in [2.45, 2.75) is 6.92 Å². The van der Waals surface area contributed by atoms with E-state index in [0.29, 0.717) is 6.54 Å². The molecule has 0 radical (unpaired) electrons. The number of nitrogens with one attached hydrogen (secondary N) is 2. The molecule has 3 amide bonds. The number of carboxylic acids is 1. The van der Waals surface area contributed by atoms with E-state index in [-0.39, 0.29) is 23.7 Å². The molecule has 0 spiro atoms. The van der Waals surface area contributed by atoms with Crippen LogP contribution in [0.3, 0.4) is 0 Å². The molecule has 21 heavy (non-hydrogen) atoms. The molecule has 0 aliphatic carbocycles. The molecule has 0 saturated carbocycles. The molecule has 0 saturated heterocycles. The predicted molar refractivity (Wildman–Crippen MR) is 73.7 cm³/mol. The molecule has 3 N–H and O–H groups in total. The second-order valence-corrected chi connectivity index (χ2v) is 4.21. The van der Waals surface area contributed by atoms with Crippen molar-refractivity contribution in [3.05, 3.63) is 29.6 Å². The van der Waals surface area contributed by atoms with Crippen LogP contribution in [-0.4, -0.2) is 48.1 Å². The summed E-state index contributed by atoms with van der Waals surface area (Å²) in [6, 6.07) is 2.12. The van der Waals surface area contributed by atoms with Gasteiger partial charge in [-0.2, -0.15) is 0 Å². The van der Waals surface area contributed by atoms with Crippen molar-refractivity contribution < 1.29 is 23.9 Å². The lowest BCUT2D eigenvalue weighted by molar-refractivity contribution is -0.128. The van der Waals surface area contributed by atoms with Gasteiger partial charge in [0.2, 0.25) is 5.91 Å². The molecule has 0 unspecified atom stereocenters. The second-order valence-electron chi connectivity index (χ2n) is 4.21. The fourth-order valence-electron chi connectivity index (χ4n) is 1.44. The first-order valence-corrected chi connectivity index (χ1v) is 6.16. The standard InChI is InChI=1S/C13H16FN3O4/c1-3-17(2)11(18)7-15-13(21)16-10-6-8(14)4-5-9(10)12(19)20/h4-6H,3,7H2,1-2H3,(H,19,20)(H2,15,16,21). The van der Waals surface area contributed by atoms with Crippen molar-refractivity contribution in [3.8, 4) is 0 Å². The number of likely N-dealkylation sites (N-methyl/N-ethyl adjacent to an activating group) is 1. The van der Waals surface area contributed by atoms with Gasteiger partial charge in [0.1, 0.15) is 5.82 Å². The van der Waals surface area contributed by atoms with Gasteiger partial charge in [0.25, 0.3) is 0 Å². The number of carboxylic acid groups (broad SMARTS) is 1. The minimum Gasteiger partial charge on any atom is -0.478 e. The summed E-state index contributed by atoms with van der Waals surface area (Å²) in [5, 5.41) is 13.4. The van der Waals surface area contributed by atoms with Crippen molar-refractivity contribution in [1.82, 2.24) is 10.2 Å². The number of amides is 3. The van der Waals surface area contributed by atoms with E-state index in [0.717, 1.165) is 18.2 Å². The normalized spacial score (nSPS) is 9.86. The summed E-state index contributed by atoms with van der Waals surface area (Å²) in [7, 11) is 1.58. The molecule has 0 bridgehead atoms. The zero-order valence-electron chi connectivity index (χ0n) is 11.6. The topological polar surface area (TPSA) is 98.7 Å². The van der Waals surface area contributed by atoms with E-state index in [1.165, 1.54) is 4.90 Å². The van der Waals surface area contributed by atoms with Gasteiger partial charge < -0.3 is 20.6 Å². The number of urea groups is 1. The summed E-state index contributed by atoms with van der Waals surface area (Å²) in [6.07, 6.45) is 0. The van der Waals surface area contributed by atoms with E-state index in [1.807, 2.05) is 0 Å². The number of rotatable bonds is 5. The monoisotopic (exact) mass is 297 g/mol. The predicted octanol–water partition coefficient (Wildman–Crippen LogP) is 1.12. The van der Waals surface area contributed by atoms with Crippen LogP contribution >= 0.6 is 0 Å². The van der Waals surface area contributed by atoms with Crippen molar-refractivity contribution in [3.63, 3.8) is 0 Å². The lowest BCUT2D eigenvalue weighted by Gasteiger charge is -2.15. The van der Waals surface area contributed by atoms with Gasteiger partial charge in [0.05, 0.1) is 17.8 Å². The third-order valence-electron chi connectivity index (χ3n) is 2.76. The Bertz CT molecular complexity index is 562. The van der Waals surface area contributed by atoms with Crippen LogP contribution in [0.25, 0.3) is 0 Å².